The summed E-state index contributed by atoms with van der Waals surface area (Å²) < 4.78 is 12.8. The summed E-state index contributed by atoms with van der Waals surface area (Å²) in [6.07, 6.45) is 0.480. The molecule has 0 saturated carbocycles. The van der Waals surface area contributed by atoms with Crippen molar-refractivity contribution < 1.29 is 19.1 Å². The molecule has 0 spiro atoms. The second-order valence-electron chi connectivity index (χ2n) is 4.99. The van der Waals surface area contributed by atoms with Gasteiger partial charge < -0.3 is 15.3 Å². The number of hydrogen-bond donors (Lipinski definition) is 2. The van der Waals surface area contributed by atoms with Crippen LogP contribution in [0.5, 0.6) is 0 Å². The number of carbonyl (C=O) groups excluding carboxylic acids is 1. The van der Waals surface area contributed by atoms with Crippen molar-refractivity contribution in [2.24, 2.45) is 5.92 Å². The van der Waals surface area contributed by atoms with Gasteiger partial charge in [-0.05, 0) is 31.0 Å². The molecule has 5 nitrogen and oxygen atoms in total. The number of aliphatic carboxylic acids is 1. The lowest BCUT2D eigenvalue weighted by atomic mass is 10.1. The number of amides is 2. The SMILES string of the molecule is CC(NC(=O)N1CCC(C(=O)O)C1)c1ccc(F)cc1. The minimum atomic E-state index is -0.869. The van der Waals surface area contributed by atoms with E-state index in [0.29, 0.717) is 13.0 Å². The molecule has 0 aliphatic carbocycles. The fourth-order valence-electron chi connectivity index (χ4n) is 2.26. The number of carboxylic acids is 1. The van der Waals surface area contributed by atoms with Crippen LogP contribution in [0.2, 0.25) is 0 Å². The van der Waals surface area contributed by atoms with Crippen molar-refractivity contribution in [3.8, 4) is 0 Å². The van der Waals surface area contributed by atoms with E-state index in [1.807, 2.05) is 0 Å². The van der Waals surface area contributed by atoms with Crippen molar-refractivity contribution in [1.82, 2.24) is 10.2 Å². The molecule has 1 fully saturated rings. The van der Waals surface area contributed by atoms with Gasteiger partial charge in [-0.1, -0.05) is 12.1 Å². The van der Waals surface area contributed by atoms with Crippen LogP contribution < -0.4 is 5.32 Å². The van der Waals surface area contributed by atoms with E-state index >= 15 is 0 Å². The van der Waals surface area contributed by atoms with Gasteiger partial charge in [0.15, 0.2) is 0 Å². The molecular formula is C14H17FN2O3. The molecule has 2 unspecified atom stereocenters. The lowest BCUT2D eigenvalue weighted by molar-refractivity contribution is -0.141. The van der Waals surface area contributed by atoms with Gasteiger partial charge in [-0.3, -0.25) is 4.79 Å². The number of urea groups is 1. The molecule has 1 aromatic rings. The van der Waals surface area contributed by atoms with Crippen LogP contribution in [0.25, 0.3) is 0 Å². The van der Waals surface area contributed by atoms with Crippen molar-refractivity contribution in [1.29, 1.82) is 0 Å². The first-order chi connectivity index (χ1) is 9.47. The van der Waals surface area contributed by atoms with Crippen LogP contribution in [-0.4, -0.2) is 35.1 Å². The third kappa shape index (κ3) is 3.26. The summed E-state index contributed by atoms with van der Waals surface area (Å²) in [5, 5.41) is 11.7. The molecule has 1 aliphatic rings. The van der Waals surface area contributed by atoms with E-state index in [2.05, 4.69) is 5.32 Å². The molecule has 108 valence electrons. The third-order valence-corrected chi connectivity index (χ3v) is 3.53. The van der Waals surface area contributed by atoms with Gasteiger partial charge in [0.05, 0.1) is 12.0 Å². The fourth-order valence-corrected chi connectivity index (χ4v) is 2.26. The molecule has 0 radical (unpaired) electrons. The minimum Gasteiger partial charge on any atom is -0.481 e. The average Bonchev–Trinajstić information content (AvgIpc) is 2.89. The van der Waals surface area contributed by atoms with Crippen LogP contribution >= 0.6 is 0 Å². The Balaban J connectivity index is 1.91. The van der Waals surface area contributed by atoms with Gasteiger partial charge in [0.2, 0.25) is 0 Å². The number of carboxylic acid groups (broad SMARTS) is 1. The van der Waals surface area contributed by atoms with Crippen LogP contribution in [-0.2, 0) is 4.79 Å². The zero-order chi connectivity index (χ0) is 14.7. The first kappa shape index (κ1) is 14.3. The lowest BCUT2D eigenvalue weighted by Crippen LogP contribution is -2.40. The van der Waals surface area contributed by atoms with Crippen molar-refractivity contribution in [2.75, 3.05) is 13.1 Å². The molecule has 1 aliphatic heterocycles. The lowest BCUT2D eigenvalue weighted by Gasteiger charge is -2.21. The fraction of sp³-hybridized carbons (Fsp3) is 0.429. The maximum Gasteiger partial charge on any atom is 0.317 e. The van der Waals surface area contributed by atoms with Gasteiger partial charge >= 0.3 is 12.0 Å². The van der Waals surface area contributed by atoms with E-state index in [-0.39, 0.29) is 24.4 Å². The predicted molar refractivity (Wildman–Crippen MR) is 70.7 cm³/mol. The zero-order valence-electron chi connectivity index (χ0n) is 11.2. The van der Waals surface area contributed by atoms with Crippen LogP contribution in [0.4, 0.5) is 9.18 Å². The van der Waals surface area contributed by atoms with Gasteiger partial charge in [0, 0.05) is 13.1 Å². The van der Waals surface area contributed by atoms with Crippen LogP contribution in [0, 0.1) is 11.7 Å². The van der Waals surface area contributed by atoms with Gasteiger partial charge in [-0.2, -0.15) is 0 Å². The van der Waals surface area contributed by atoms with Gasteiger partial charge in [0.25, 0.3) is 0 Å². The molecule has 1 heterocycles. The van der Waals surface area contributed by atoms with Gasteiger partial charge in [-0.15, -0.1) is 0 Å². The summed E-state index contributed by atoms with van der Waals surface area (Å²) in [6, 6.07) is 5.37. The molecular weight excluding hydrogens is 263 g/mol. The number of likely N-dealkylation sites (tertiary alicyclic amines) is 1. The van der Waals surface area contributed by atoms with E-state index < -0.39 is 11.9 Å². The van der Waals surface area contributed by atoms with E-state index in [4.69, 9.17) is 5.11 Å². The largest absolute Gasteiger partial charge is 0.481 e. The smallest absolute Gasteiger partial charge is 0.317 e. The number of nitrogens with one attached hydrogen (secondary N) is 1. The van der Waals surface area contributed by atoms with E-state index in [9.17, 15) is 14.0 Å². The summed E-state index contributed by atoms with van der Waals surface area (Å²) in [6.45, 7) is 2.48. The van der Waals surface area contributed by atoms with Crippen molar-refractivity contribution in [2.45, 2.75) is 19.4 Å². The first-order valence-electron chi connectivity index (χ1n) is 6.51. The van der Waals surface area contributed by atoms with Gasteiger partial charge in [-0.25, -0.2) is 9.18 Å². The number of carbonyl (C=O) groups is 2. The Hall–Kier alpha value is -2.11. The Morgan fingerprint density at radius 3 is 2.60 bits per heavy atom. The summed E-state index contributed by atoms with van der Waals surface area (Å²) in [7, 11) is 0. The Kier molecular flexibility index (Phi) is 4.22. The highest BCUT2D eigenvalue weighted by atomic mass is 19.1. The number of hydrogen-bond acceptors (Lipinski definition) is 2. The highest BCUT2D eigenvalue weighted by Gasteiger charge is 2.31. The third-order valence-electron chi connectivity index (χ3n) is 3.53. The zero-order valence-corrected chi connectivity index (χ0v) is 11.2. The molecule has 20 heavy (non-hydrogen) atoms. The molecule has 2 rings (SSSR count). The van der Waals surface area contributed by atoms with Crippen molar-refractivity contribution >= 4 is 12.0 Å². The number of benzene rings is 1. The molecule has 6 heteroatoms. The van der Waals surface area contributed by atoms with Crippen molar-refractivity contribution in [3.63, 3.8) is 0 Å². The maximum absolute atomic E-state index is 12.8. The summed E-state index contributed by atoms with van der Waals surface area (Å²) in [5.41, 5.74) is 0.800. The predicted octanol–water partition coefficient (Wildman–Crippen LogP) is 2.00. The van der Waals surface area contributed by atoms with Gasteiger partial charge in [0.1, 0.15) is 5.82 Å². The normalized spacial score (nSPS) is 19.7. The number of nitrogens with zero attached hydrogens (tertiary/aromatic N) is 1. The highest BCUT2D eigenvalue weighted by molar-refractivity contribution is 5.77. The summed E-state index contributed by atoms with van der Waals surface area (Å²) >= 11 is 0. The second-order valence-corrected chi connectivity index (χ2v) is 4.99. The first-order valence-corrected chi connectivity index (χ1v) is 6.51. The Bertz CT molecular complexity index is 504. The Morgan fingerprint density at radius 2 is 2.05 bits per heavy atom. The Morgan fingerprint density at radius 1 is 1.40 bits per heavy atom. The number of rotatable bonds is 3. The van der Waals surface area contributed by atoms with E-state index in [0.717, 1.165) is 5.56 Å². The average molecular weight is 280 g/mol. The summed E-state index contributed by atoms with van der Waals surface area (Å²) in [5.74, 6) is -1.68. The van der Waals surface area contributed by atoms with Crippen LogP contribution in [0.3, 0.4) is 0 Å². The molecule has 2 N–H and O–H groups in total. The minimum absolute atomic E-state index is 0.233. The molecule has 0 aromatic heterocycles. The monoisotopic (exact) mass is 280 g/mol. The molecule has 2 atom stereocenters. The topological polar surface area (TPSA) is 69.6 Å². The van der Waals surface area contributed by atoms with Crippen molar-refractivity contribution in [3.05, 3.63) is 35.6 Å². The molecule has 0 bridgehead atoms. The summed E-state index contributed by atoms with van der Waals surface area (Å²) in [4.78, 5) is 24.4. The van der Waals surface area contributed by atoms with Crippen LogP contribution in [0.15, 0.2) is 24.3 Å². The Labute approximate surface area is 116 Å². The standard InChI is InChI=1S/C14H17FN2O3/c1-9(10-2-4-12(15)5-3-10)16-14(20)17-7-6-11(8-17)13(18)19/h2-5,9,11H,6-8H2,1H3,(H,16,20)(H,18,19). The molecule has 2 amide bonds. The highest BCUT2D eigenvalue weighted by Crippen LogP contribution is 2.18. The maximum atomic E-state index is 12.8. The van der Waals surface area contributed by atoms with E-state index in [1.54, 1.807) is 19.1 Å². The molecule has 1 saturated heterocycles. The second kappa shape index (κ2) is 5.90. The van der Waals surface area contributed by atoms with Crippen LogP contribution in [0.1, 0.15) is 24.9 Å². The van der Waals surface area contributed by atoms with E-state index in [1.165, 1.54) is 17.0 Å². The number of halogens is 1. The molecule has 1 aromatic carbocycles. The quantitative estimate of drug-likeness (QED) is 0.889.